The van der Waals surface area contributed by atoms with Crippen LogP contribution in [0.15, 0.2) is 61.1 Å². The van der Waals surface area contributed by atoms with Crippen LogP contribution >= 0.6 is 0 Å². The van der Waals surface area contributed by atoms with Gasteiger partial charge in [-0.1, -0.05) is 40.9 Å². The van der Waals surface area contributed by atoms with Crippen LogP contribution in [-0.4, -0.2) is 184 Å². The van der Waals surface area contributed by atoms with Crippen LogP contribution in [0.25, 0.3) is 0 Å². The average Bonchev–Trinajstić information content (AvgIpc) is 3.48. The van der Waals surface area contributed by atoms with Gasteiger partial charge in [0, 0.05) is 134 Å². The number of aryl methyl sites for hydroxylation is 4. The number of pyridine rings is 1. The van der Waals surface area contributed by atoms with E-state index in [-0.39, 0.29) is 58.1 Å². The Hall–Kier alpha value is -4.95. The number of fused-ring (bicyclic) bond motifs is 1. The molecule has 5 aliphatic heterocycles. The van der Waals surface area contributed by atoms with E-state index in [0.717, 1.165) is 139 Å². The predicted octanol–water partition coefficient (Wildman–Crippen LogP) is 8.13. The van der Waals surface area contributed by atoms with Crippen molar-refractivity contribution < 1.29 is 31.9 Å². The number of halogens is 1. The van der Waals surface area contributed by atoms with Gasteiger partial charge in [0.05, 0.1) is 28.7 Å². The molecule has 11 rings (SSSR count). The monoisotopic (exact) mass is 1150 g/mol. The Morgan fingerprint density at radius 3 is 1.95 bits per heavy atom. The molecule has 1 saturated carbocycles. The fourth-order valence-corrected chi connectivity index (χ4v) is 16.9. The zero-order chi connectivity index (χ0) is 58.4. The number of aromatic nitrogens is 3. The second-order valence-corrected chi connectivity index (χ2v) is 27.9. The van der Waals surface area contributed by atoms with E-state index in [4.69, 9.17) is 4.74 Å². The maximum atomic E-state index is 14.5. The van der Waals surface area contributed by atoms with Gasteiger partial charge in [0.15, 0.2) is 5.69 Å². The van der Waals surface area contributed by atoms with Crippen molar-refractivity contribution >= 4 is 21.8 Å². The van der Waals surface area contributed by atoms with Crippen LogP contribution in [0.1, 0.15) is 164 Å². The Kier molecular flexibility index (Phi) is 18.0. The van der Waals surface area contributed by atoms with E-state index in [1.807, 2.05) is 35.8 Å². The van der Waals surface area contributed by atoms with Crippen molar-refractivity contribution in [2.75, 3.05) is 85.1 Å². The Balaban J connectivity index is 0.000000187. The van der Waals surface area contributed by atoms with Crippen LogP contribution in [-0.2, 0) is 21.2 Å². The molecular formula is C64H91FN10O6S. The summed E-state index contributed by atoms with van der Waals surface area (Å²) >= 11 is 0. The van der Waals surface area contributed by atoms with Gasteiger partial charge in [0.25, 0.3) is 18.1 Å². The molecule has 4 aromatic rings. The molecule has 82 heavy (non-hydrogen) atoms. The molecule has 16 nitrogen and oxygen atoms in total. The van der Waals surface area contributed by atoms with Crippen molar-refractivity contribution in [3.63, 3.8) is 0 Å². The van der Waals surface area contributed by atoms with Gasteiger partial charge in [0.2, 0.25) is 10.0 Å². The minimum Gasteiger partial charge on any atom is -0.711 e. The zero-order valence-electron chi connectivity index (χ0n) is 50.6. The van der Waals surface area contributed by atoms with Gasteiger partial charge in [0.1, 0.15) is 17.1 Å². The number of carbonyl (C=O) groups excluding carboxylic acids is 2. The number of piperidine rings is 3. The van der Waals surface area contributed by atoms with Gasteiger partial charge in [-0.15, -0.1) is 0 Å². The molecule has 1 unspecified atom stereocenters. The van der Waals surface area contributed by atoms with Gasteiger partial charge >= 0.3 is 0 Å². The molecular weight excluding hydrogens is 1060 g/mol. The lowest BCUT2D eigenvalue weighted by Gasteiger charge is -2.54. The fraction of sp³-hybridized carbons (Fsp3) is 0.641. The van der Waals surface area contributed by atoms with Crippen molar-refractivity contribution in [3.05, 3.63) is 128 Å². The highest BCUT2D eigenvalue weighted by molar-refractivity contribution is 7.90. The Morgan fingerprint density at radius 1 is 0.756 bits per heavy atom. The van der Waals surface area contributed by atoms with Crippen LogP contribution < -0.4 is 4.73 Å². The first-order valence-corrected chi connectivity index (χ1v) is 32.1. The summed E-state index contributed by atoms with van der Waals surface area (Å²) in [7, 11) is -3.19. The Morgan fingerprint density at radius 2 is 1.37 bits per heavy atom. The second-order valence-electron chi connectivity index (χ2n) is 25.7. The van der Waals surface area contributed by atoms with E-state index >= 15 is 0 Å². The first kappa shape index (κ1) is 60.2. The van der Waals surface area contributed by atoms with Crippen molar-refractivity contribution in [3.8, 4) is 0 Å². The molecule has 7 heterocycles. The number of likely N-dealkylation sites (tertiary alicyclic amines) is 2. The smallest absolute Gasteiger partial charge is 0.289 e. The number of benzene rings is 2. The minimum absolute atomic E-state index is 0.0191. The number of nitrogens with zero attached hydrogens (tertiary/aromatic N) is 10. The molecule has 2 aromatic heterocycles. The van der Waals surface area contributed by atoms with Gasteiger partial charge < -0.3 is 19.7 Å². The lowest BCUT2D eigenvalue weighted by molar-refractivity contribution is -0.615. The summed E-state index contributed by atoms with van der Waals surface area (Å²) in [4.78, 5) is 49.6. The highest BCUT2D eigenvalue weighted by Gasteiger charge is 2.48. The summed E-state index contributed by atoms with van der Waals surface area (Å²) in [6, 6.07) is 16.9. The quantitative estimate of drug-likeness (QED) is 0.0995. The molecule has 0 spiro atoms. The number of carbonyl (C=O) groups is 2. The number of hydrogen-bond acceptors (Lipinski definition) is 12. The van der Waals surface area contributed by atoms with E-state index in [9.17, 15) is 27.6 Å². The SMILES string of the molecule is CCOC1Cc2cc(C)ccc2[C@H]1N1CCN(C2(C)CCN(C(=O)c3c(C)ccnc3C)CC2)C[C@@H]1C.Cc1nc[n+]([O-])c(C)c1C(=O)N1CCC(C)(N2CCN([C@@H](c3cccc(F)c3)C3CCN(S(=O)(=O)C4CC4)CC3)[C@@H](C)C2)CC1. The third-order valence-electron chi connectivity index (χ3n) is 20.3. The molecule has 0 radical (unpaired) electrons. The highest BCUT2D eigenvalue weighted by Crippen LogP contribution is 2.44. The standard InChI is InChI=1S/C33H47FN6O4S.C31H44N4O2/c1-23-21-37(33(4)12-16-36(17-13-33)32(41)30-24(2)35-22-40(42)25(30)3)18-19-39(23)31(27-6-5-7-28(34)20-27)26-10-14-38(15-11-26)45(43,44)29-8-9-29;1-7-37-27-19-25-18-21(2)8-9-26(25)29(27)35-17-16-34(20-23(35)4)31(6)11-14-33(15-12-31)30(36)28-22(3)10-13-32-24(28)5/h5-7,20,22-23,26,29,31H,8-19,21H2,1-4H3;8-10,13,18,23,27,29H,7,11-12,14-17,19-20H2,1-6H3/t23-,31+;23-,27?,29+/m00/s1. The largest absolute Gasteiger partial charge is 0.711 e. The molecule has 0 N–H and O–H groups in total. The van der Waals surface area contributed by atoms with Crippen LogP contribution in [0.5, 0.6) is 0 Å². The molecule has 5 saturated heterocycles. The van der Waals surface area contributed by atoms with Gasteiger partial charge in [-0.05, 0) is 160 Å². The Labute approximate surface area is 488 Å². The molecule has 2 amide bonds. The minimum atomic E-state index is -3.19. The Bertz CT molecular complexity index is 3040. The lowest BCUT2D eigenvalue weighted by Crippen LogP contribution is -2.63. The maximum absolute atomic E-state index is 14.5. The lowest BCUT2D eigenvalue weighted by atomic mass is 9.82. The first-order valence-electron chi connectivity index (χ1n) is 30.6. The molecule has 446 valence electrons. The zero-order valence-corrected chi connectivity index (χ0v) is 51.4. The van der Waals surface area contributed by atoms with E-state index in [2.05, 4.69) is 89.3 Å². The van der Waals surface area contributed by atoms with E-state index < -0.39 is 10.0 Å². The van der Waals surface area contributed by atoms with Crippen molar-refractivity contribution in [1.29, 1.82) is 0 Å². The van der Waals surface area contributed by atoms with E-state index in [1.165, 1.54) is 29.1 Å². The molecule has 2 aliphatic carbocycles. The second kappa shape index (κ2) is 24.6. The van der Waals surface area contributed by atoms with Crippen LogP contribution in [0.4, 0.5) is 4.39 Å². The average molecular weight is 1150 g/mol. The summed E-state index contributed by atoms with van der Waals surface area (Å²) in [5.74, 6) is 0.00821. The number of sulfonamides is 1. The number of hydrogen-bond donors (Lipinski definition) is 0. The highest BCUT2D eigenvalue weighted by atomic mass is 32.2. The molecule has 7 aliphatic rings. The van der Waals surface area contributed by atoms with Crippen molar-refractivity contribution in [2.24, 2.45) is 5.92 Å². The van der Waals surface area contributed by atoms with Crippen LogP contribution in [0.3, 0.4) is 0 Å². The van der Waals surface area contributed by atoms with Gasteiger partial charge in [-0.2, -0.15) is 0 Å². The van der Waals surface area contributed by atoms with Crippen molar-refractivity contribution in [1.82, 2.24) is 43.7 Å². The third kappa shape index (κ3) is 12.3. The van der Waals surface area contributed by atoms with Gasteiger partial charge in [-0.25, -0.2) is 21.8 Å². The fourth-order valence-electron chi connectivity index (χ4n) is 15.0. The number of ether oxygens (including phenoxy) is 1. The normalized spacial score (nSPS) is 25.5. The number of amides is 2. The van der Waals surface area contributed by atoms with Crippen molar-refractivity contribution in [2.45, 2.75) is 174 Å². The summed E-state index contributed by atoms with van der Waals surface area (Å²) < 4.78 is 49.0. The van der Waals surface area contributed by atoms with Crippen LogP contribution in [0, 0.1) is 51.6 Å². The summed E-state index contributed by atoms with van der Waals surface area (Å²) in [5.41, 5.74) is 9.27. The summed E-state index contributed by atoms with van der Waals surface area (Å²) in [6.45, 7) is 31.4. The molecule has 2 aromatic carbocycles. The molecule has 0 bridgehead atoms. The summed E-state index contributed by atoms with van der Waals surface area (Å²) in [6.07, 6.45) is 11.0. The van der Waals surface area contributed by atoms with E-state index in [1.54, 1.807) is 36.5 Å². The van der Waals surface area contributed by atoms with Crippen LogP contribution in [0.2, 0.25) is 0 Å². The van der Waals surface area contributed by atoms with E-state index in [0.29, 0.717) is 59.9 Å². The summed E-state index contributed by atoms with van der Waals surface area (Å²) in [5, 5.41) is 11.9. The van der Waals surface area contributed by atoms with Gasteiger partial charge in [-0.3, -0.25) is 34.2 Å². The number of rotatable bonds is 12. The maximum Gasteiger partial charge on any atom is 0.289 e. The number of piperazine rings is 2. The topological polar surface area (TPSA) is 153 Å². The predicted molar refractivity (Wildman–Crippen MR) is 317 cm³/mol. The molecule has 6 fully saturated rings. The third-order valence-corrected chi connectivity index (χ3v) is 22.7. The molecule has 18 heteroatoms. The first-order chi connectivity index (χ1) is 39.1. The molecule has 5 atom stereocenters.